The molecule has 0 aliphatic heterocycles. The highest BCUT2D eigenvalue weighted by molar-refractivity contribution is 6.30. The van der Waals surface area contributed by atoms with E-state index in [1.807, 2.05) is 13.8 Å². The molecule has 29 heavy (non-hydrogen) atoms. The molecule has 1 atom stereocenters. The van der Waals surface area contributed by atoms with E-state index in [0.717, 1.165) is 11.1 Å². The van der Waals surface area contributed by atoms with Gasteiger partial charge in [0.25, 0.3) is 5.91 Å². The first kappa shape index (κ1) is 20.4. The van der Waals surface area contributed by atoms with E-state index in [4.69, 9.17) is 21.4 Å². The number of aromatic nitrogens is 1. The van der Waals surface area contributed by atoms with Crippen molar-refractivity contribution in [2.24, 2.45) is 0 Å². The highest BCUT2D eigenvalue weighted by Crippen LogP contribution is 2.26. The van der Waals surface area contributed by atoms with Crippen molar-refractivity contribution < 1.29 is 19.4 Å². The molecular weight excluding hydrogens is 392 g/mol. The van der Waals surface area contributed by atoms with E-state index < -0.39 is 5.97 Å². The Balaban J connectivity index is 1.80. The van der Waals surface area contributed by atoms with Gasteiger partial charge in [-0.2, -0.15) is 0 Å². The van der Waals surface area contributed by atoms with Crippen LogP contribution in [0.2, 0.25) is 5.02 Å². The van der Waals surface area contributed by atoms with E-state index >= 15 is 0 Å². The summed E-state index contributed by atoms with van der Waals surface area (Å²) in [5.41, 5.74) is 2.07. The number of carbonyl (C=O) groups is 2. The molecule has 0 aliphatic carbocycles. The molecule has 3 rings (SSSR count). The molecule has 2 N–H and O–H groups in total. The van der Waals surface area contributed by atoms with Crippen LogP contribution in [0.3, 0.4) is 0 Å². The predicted molar refractivity (Wildman–Crippen MR) is 110 cm³/mol. The van der Waals surface area contributed by atoms with Gasteiger partial charge in [-0.15, -0.1) is 0 Å². The predicted octanol–water partition coefficient (Wildman–Crippen LogP) is 5.02. The number of ether oxygens (including phenoxy) is 1. The van der Waals surface area contributed by atoms with Gasteiger partial charge in [-0.25, -0.2) is 9.78 Å². The highest BCUT2D eigenvalue weighted by atomic mass is 35.5. The van der Waals surface area contributed by atoms with Crippen molar-refractivity contribution in [3.05, 3.63) is 88.1 Å². The Morgan fingerprint density at radius 2 is 1.86 bits per heavy atom. The monoisotopic (exact) mass is 410 g/mol. The number of carboxylic acid groups (broad SMARTS) is 1. The lowest BCUT2D eigenvalue weighted by molar-refractivity contribution is 0.0696. The van der Waals surface area contributed by atoms with Crippen LogP contribution in [0.1, 0.15) is 44.8 Å². The zero-order chi connectivity index (χ0) is 21.0. The number of carboxylic acids is 1. The zero-order valence-electron chi connectivity index (χ0n) is 15.8. The molecule has 0 radical (unpaired) electrons. The lowest BCUT2D eigenvalue weighted by atomic mass is 10.1. The van der Waals surface area contributed by atoms with E-state index in [1.54, 1.807) is 48.7 Å². The molecule has 0 bridgehead atoms. The van der Waals surface area contributed by atoms with Crippen LogP contribution in [0, 0.1) is 6.92 Å². The average molecular weight is 411 g/mol. The van der Waals surface area contributed by atoms with Crippen LogP contribution in [-0.4, -0.2) is 22.0 Å². The Hall–Kier alpha value is -3.38. The van der Waals surface area contributed by atoms with Crippen LogP contribution >= 0.6 is 11.6 Å². The lowest BCUT2D eigenvalue weighted by Gasteiger charge is -2.16. The normalized spacial score (nSPS) is 11.6. The Bertz CT molecular complexity index is 1050. The maximum absolute atomic E-state index is 12.9. The number of rotatable bonds is 6. The number of halogens is 1. The molecule has 1 aromatic heterocycles. The number of nitrogens with one attached hydrogen (secondary N) is 1. The average Bonchev–Trinajstić information content (AvgIpc) is 2.69. The summed E-state index contributed by atoms with van der Waals surface area (Å²) in [5.74, 6) is -0.709. The van der Waals surface area contributed by atoms with Crippen molar-refractivity contribution in [1.29, 1.82) is 0 Å². The van der Waals surface area contributed by atoms with Gasteiger partial charge in [-0.05, 0) is 61.4 Å². The third kappa shape index (κ3) is 5.12. The smallest absolute Gasteiger partial charge is 0.335 e. The SMILES string of the molecule is Cc1cnc(Oc2cccc(Cl)c2)c(C(=O)NC(C)c2ccc(C(=O)O)cc2)c1. The number of hydrogen-bond donors (Lipinski definition) is 2. The van der Waals surface area contributed by atoms with Gasteiger partial charge in [0.15, 0.2) is 0 Å². The fourth-order valence-electron chi connectivity index (χ4n) is 2.71. The van der Waals surface area contributed by atoms with E-state index in [-0.39, 0.29) is 23.4 Å². The van der Waals surface area contributed by atoms with Crippen molar-refractivity contribution >= 4 is 23.5 Å². The minimum absolute atomic E-state index is 0.170. The fourth-order valence-corrected chi connectivity index (χ4v) is 2.90. The van der Waals surface area contributed by atoms with E-state index in [1.165, 1.54) is 12.1 Å². The molecule has 6 nitrogen and oxygen atoms in total. The highest BCUT2D eigenvalue weighted by Gasteiger charge is 2.18. The zero-order valence-corrected chi connectivity index (χ0v) is 16.6. The molecule has 1 amide bonds. The topological polar surface area (TPSA) is 88.5 Å². The van der Waals surface area contributed by atoms with Crippen molar-refractivity contribution in [2.45, 2.75) is 19.9 Å². The summed E-state index contributed by atoms with van der Waals surface area (Å²) in [5, 5.41) is 12.4. The maximum atomic E-state index is 12.9. The van der Waals surface area contributed by atoms with E-state index in [9.17, 15) is 9.59 Å². The van der Waals surface area contributed by atoms with Crippen LogP contribution in [0.15, 0.2) is 60.8 Å². The first-order valence-corrected chi connectivity index (χ1v) is 9.25. The van der Waals surface area contributed by atoms with E-state index in [0.29, 0.717) is 16.3 Å². The van der Waals surface area contributed by atoms with Crippen molar-refractivity contribution in [2.75, 3.05) is 0 Å². The van der Waals surface area contributed by atoms with Crippen LogP contribution < -0.4 is 10.1 Å². The summed E-state index contributed by atoms with van der Waals surface area (Å²) >= 11 is 5.99. The summed E-state index contributed by atoms with van der Waals surface area (Å²) in [7, 11) is 0. The molecule has 0 spiro atoms. The van der Waals surface area contributed by atoms with Gasteiger partial charge >= 0.3 is 5.97 Å². The Labute approximate surface area is 173 Å². The summed E-state index contributed by atoms with van der Waals surface area (Å²) in [6.45, 7) is 3.65. The molecule has 1 heterocycles. The van der Waals surface area contributed by atoms with Gasteiger partial charge in [0.1, 0.15) is 11.3 Å². The second-order valence-electron chi connectivity index (χ2n) is 6.55. The summed E-state index contributed by atoms with van der Waals surface area (Å²) < 4.78 is 5.77. The number of benzene rings is 2. The van der Waals surface area contributed by atoms with Gasteiger partial charge in [-0.1, -0.05) is 29.8 Å². The van der Waals surface area contributed by atoms with Crippen LogP contribution in [0.4, 0.5) is 0 Å². The molecule has 0 fully saturated rings. The maximum Gasteiger partial charge on any atom is 0.335 e. The number of hydrogen-bond acceptors (Lipinski definition) is 4. The van der Waals surface area contributed by atoms with Crippen LogP contribution in [-0.2, 0) is 0 Å². The van der Waals surface area contributed by atoms with Crippen LogP contribution in [0.5, 0.6) is 11.6 Å². The largest absolute Gasteiger partial charge is 0.478 e. The second-order valence-corrected chi connectivity index (χ2v) is 6.98. The van der Waals surface area contributed by atoms with Gasteiger partial charge in [0, 0.05) is 11.2 Å². The minimum Gasteiger partial charge on any atom is -0.478 e. The van der Waals surface area contributed by atoms with Crippen molar-refractivity contribution in [1.82, 2.24) is 10.3 Å². The Kier molecular flexibility index (Phi) is 6.14. The van der Waals surface area contributed by atoms with Gasteiger partial charge in [-0.3, -0.25) is 4.79 Å². The van der Waals surface area contributed by atoms with Gasteiger partial charge in [0.05, 0.1) is 11.6 Å². The summed E-state index contributed by atoms with van der Waals surface area (Å²) in [6, 6.07) is 14.5. The van der Waals surface area contributed by atoms with Gasteiger partial charge < -0.3 is 15.2 Å². The number of aryl methyl sites for hydroxylation is 1. The van der Waals surface area contributed by atoms with Crippen molar-refractivity contribution in [3.8, 4) is 11.6 Å². The molecule has 7 heteroatoms. The third-order valence-electron chi connectivity index (χ3n) is 4.25. The first-order valence-electron chi connectivity index (χ1n) is 8.87. The Morgan fingerprint density at radius 1 is 1.14 bits per heavy atom. The summed E-state index contributed by atoms with van der Waals surface area (Å²) in [4.78, 5) is 28.1. The summed E-state index contributed by atoms with van der Waals surface area (Å²) in [6.07, 6.45) is 1.62. The molecule has 1 unspecified atom stereocenters. The quantitative estimate of drug-likeness (QED) is 0.595. The van der Waals surface area contributed by atoms with Crippen molar-refractivity contribution in [3.63, 3.8) is 0 Å². The number of pyridine rings is 1. The lowest BCUT2D eigenvalue weighted by Crippen LogP contribution is -2.27. The minimum atomic E-state index is -0.998. The number of amides is 1. The first-order chi connectivity index (χ1) is 13.8. The molecule has 0 saturated heterocycles. The van der Waals surface area contributed by atoms with E-state index in [2.05, 4.69) is 10.3 Å². The Morgan fingerprint density at radius 3 is 2.52 bits per heavy atom. The molecular formula is C22H19ClN2O4. The third-order valence-corrected chi connectivity index (χ3v) is 4.48. The molecule has 148 valence electrons. The molecule has 2 aromatic carbocycles. The molecule has 0 aliphatic rings. The number of carbonyl (C=O) groups excluding carboxylic acids is 1. The molecule has 0 saturated carbocycles. The number of nitrogens with zero attached hydrogens (tertiary/aromatic N) is 1. The number of aromatic carboxylic acids is 1. The van der Waals surface area contributed by atoms with Crippen LogP contribution in [0.25, 0.3) is 0 Å². The molecule has 3 aromatic rings. The standard InChI is InChI=1S/C22H19ClN2O4/c1-13-10-19(21(24-12-13)29-18-5-3-4-17(23)11-18)20(26)25-14(2)15-6-8-16(9-7-15)22(27)28/h3-12,14H,1-2H3,(H,25,26)(H,27,28). The fraction of sp³-hybridized carbons (Fsp3) is 0.136. The second kappa shape index (κ2) is 8.75. The van der Waals surface area contributed by atoms with Gasteiger partial charge in [0.2, 0.25) is 5.88 Å².